The Balaban J connectivity index is 1.57. The molecular formula is C25H29NO4. The fraction of sp³-hybridized carbons (Fsp3) is 0.360. The number of unbranched alkanes of at least 4 members (excludes halogenated alkanes) is 4. The summed E-state index contributed by atoms with van der Waals surface area (Å²) in [7, 11) is 1.65. The van der Waals surface area contributed by atoms with Gasteiger partial charge < -0.3 is 18.7 Å². The van der Waals surface area contributed by atoms with Gasteiger partial charge in [-0.15, -0.1) is 0 Å². The van der Waals surface area contributed by atoms with Gasteiger partial charge in [-0.05, 0) is 56.0 Å². The average molecular weight is 408 g/mol. The summed E-state index contributed by atoms with van der Waals surface area (Å²) in [4.78, 5) is 14.9. The van der Waals surface area contributed by atoms with Crippen molar-refractivity contribution in [2.24, 2.45) is 0 Å². The molecule has 0 atom stereocenters. The van der Waals surface area contributed by atoms with Crippen molar-refractivity contribution in [3.05, 3.63) is 65.5 Å². The third kappa shape index (κ3) is 5.96. The SMILES string of the molecule is COc1cc(CCCCCCC=O)ccc1OCc1nc(-c2ccccc2)oc1C. The molecule has 0 aliphatic rings. The van der Waals surface area contributed by atoms with E-state index >= 15 is 0 Å². The average Bonchev–Trinajstić information content (AvgIpc) is 3.16. The van der Waals surface area contributed by atoms with Crippen molar-refractivity contribution >= 4 is 6.29 Å². The van der Waals surface area contributed by atoms with Crippen LogP contribution in [0.15, 0.2) is 52.9 Å². The second-order valence-corrected chi connectivity index (χ2v) is 7.28. The molecule has 0 spiro atoms. The lowest BCUT2D eigenvalue weighted by atomic mass is 10.1. The maximum absolute atomic E-state index is 10.4. The maximum Gasteiger partial charge on any atom is 0.226 e. The highest BCUT2D eigenvalue weighted by Crippen LogP contribution is 2.30. The van der Waals surface area contributed by atoms with Crippen molar-refractivity contribution in [1.82, 2.24) is 4.98 Å². The first-order chi connectivity index (χ1) is 14.7. The number of aryl methyl sites for hydroxylation is 2. The maximum atomic E-state index is 10.4. The Morgan fingerprint density at radius 1 is 1.00 bits per heavy atom. The summed E-state index contributed by atoms with van der Waals surface area (Å²) in [5.74, 6) is 2.76. The van der Waals surface area contributed by atoms with Gasteiger partial charge in [-0.3, -0.25) is 0 Å². The molecule has 0 fully saturated rings. The van der Waals surface area contributed by atoms with E-state index in [1.807, 2.05) is 49.4 Å². The van der Waals surface area contributed by atoms with E-state index in [2.05, 4.69) is 11.1 Å². The van der Waals surface area contributed by atoms with Crippen molar-refractivity contribution < 1.29 is 18.7 Å². The molecule has 0 aliphatic heterocycles. The number of carbonyl (C=O) groups excluding carboxylic acids is 1. The number of nitrogens with zero attached hydrogens (tertiary/aromatic N) is 1. The topological polar surface area (TPSA) is 61.6 Å². The minimum absolute atomic E-state index is 0.314. The van der Waals surface area contributed by atoms with Crippen LogP contribution in [-0.2, 0) is 17.8 Å². The van der Waals surface area contributed by atoms with Gasteiger partial charge in [0.2, 0.25) is 5.89 Å². The fourth-order valence-corrected chi connectivity index (χ4v) is 3.31. The lowest BCUT2D eigenvalue weighted by Gasteiger charge is -2.12. The predicted molar refractivity (Wildman–Crippen MR) is 117 cm³/mol. The summed E-state index contributed by atoms with van der Waals surface area (Å²) in [6.07, 6.45) is 6.95. The zero-order valence-electron chi connectivity index (χ0n) is 17.7. The summed E-state index contributed by atoms with van der Waals surface area (Å²) in [6, 6.07) is 15.9. The number of aldehydes is 1. The number of carbonyl (C=O) groups is 1. The standard InChI is InChI=1S/C25H29NO4/c1-19-22(26-25(30-19)21-12-8-6-9-13-21)18-29-23-15-14-20(17-24(23)28-2)11-7-4-3-5-10-16-27/h6,8-9,12-17H,3-5,7,10-11,18H2,1-2H3. The molecule has 3 aromatic rings. The molecule has 1 aromatic heterocycles. The Labute approximate surface area is 178 Å². The Kier molecular flexibility index (Phi) is 8.07. The number of methoxy groups -OCH3 is 1. The molecular weight excluding hydrogens is 378 g/mol. The quantitative estimate of drug-likeness (QED) is 0.275. The number of benzene rings is 2. The van der Waals surface area contributed by atoms with E-state index in [9.17, 15) is 4.79 Å². The first kappa shape index (κ1) is 21.6. The Bertz CT molecular complexity index is 934. The highest BCUT2D eigenvalue weighted by Gasteiger charge is 2.13. The zero-order valence-corrected chi connectivity index (χ0v) is 17.7. The van der Waals surface area contributed by atoms with Crippen LogP contribution in [-0.4, -0.2) is 18.4 Å². The Hall–Kier alpha value is -3.08. The second-order valence-electron chi connectivity index (χ2n) is 7.28. The summed E-state index contributed by atoms with van der Waals surface area (Å²) < 4.78 is 17.3. The molecule has 158 valence electrons. The molecule has 0 aliphatic carbocycles. The molecule has 2 aromatic carbocycles. The van der Waals surface area contributed by atoms with Gasteiger partial charge in [-0.2, -0.15) is 0 Å². The largest absolute Gasteiger partial charge is 0.493 e. The molecule has 3 rings (SSSR count). The Morgan fingerprint density at radius 3 is 2.57 bits per heavy atom. The number of aromatic nitrogens is 1. The van der Waals surface area contributed by atoms with E-state index < -0.39 is 0 Å². The first-order valence-electron chi connectivity index (χ1n) is 10.5. The van der Waals surface area contributed by atoms with E-state index in [0.29, 0.717) is 24.7 Å². The van der Waals surface area contributed by atoms with Crippen molar-refractivity contribution in [3.63, 3.8) is 0 Å². The molecule has 0 amide bonds. The summed E-state index contributed by atoms with van der Waals surface area (Å²) in [6.45, 7) is 2.21. The molecule has 0 N–H and O–H groups in total. The van der Waals surface area contributed by atoms with E-state index in [-0.39, 0.29) is 0 Å². The lowest BCUT2D eigenvalue weighted by molar-refractivity contribution is -0.107. The number of oxazole rings is 1. The van der Waals surface area contributed by atoms with Crippen LogP contribution in [0.4, 0.5) is 0 Å². The minimum atomic E-state index is 0.314. The van der Waals surface area contributed by atoms with Crippen LogP contribution < -0.4 is 9.47 Å². The molecule has 0 saturated heterocycles. The summed E-state index contributed by atoms with van der Waals surface area (Å²) >= 11 is 0. The monoisotopic (exact) mass is 407 g/mol. The van der Waals surface area contributed by atoms with Crippen LogP contribution in [0.3, 0.4) is 0 Å². The van der Waals surface area contributed by atoms with Gasteiger partial charge in [0.05, 0.1) is 7.11 Å². The van der Waals surface area contributed by atoms with Gasteiger partial charge >= 0.3 is 0 Å². The highest BCUT2D eigenvalue weighted by molar-refractivity contribution is 5.53. The van der Waals surface area contributed by atoms with Crippen LogP contribution in [0, 0.1) is 6.92 Å². The molecule has 0 saturated carbocycles. The number of hydrogen-bond donors (Lipinski definition) is 0. The Morgan fingerprint density at radius 2 is 1.80 bits per heavy atom. The van der Waals surface area contributed by atoms with Crippen LogP contribution in [0.25, 0.3) is 11.5 Å². The molecule has 30 heavy (non-hydrogen) atoms. The zero-order chi connectivity index (χ0) is 21.2. The normalized spacial score (nSPS) is 10.7. The molecule has 0 bridgehead atoms. The fourth-order valence-electron chi connectivity index (χ4n) is 3.31. The molecule has 0 radical (unpaired) electrons. The second kappa shape index (κ2) is 11.2. The van der Waals surface area contributed by atoms with E-state index in [1.54, 1.807) is 7.11 Å². The van der Waals surface area contributed by atoms with E-state index in [1.165, 1.54) is 5.56 Å². The predicted octanol–water partition coefficient (Wildman–Crippen LogP) is 5.93. The van der Waals surface area contributed by atoms with Crippen molar-refractivity contribution in [1.29, 1.82) is 0 Å². The van der Waals surface area contributed by atoms with Crippen LogP contribution in [0.5, 0.6) is 11.5 Å². The van der Waals surface area contributed by atoms with Crippen molar-refractivity contribution in [2.75, 3.05) is 7.11 Å². The van der Waals surface area contributed by atoms with Gasteiger partial charge in [0.25, 0.3) is 0 Å². The van der Waals surface area contributed by atoms with Gasteiger partial charge in [-0.25, -0.2) is 4.98 Å². The third-order valence-electron chi connectivity index (χ3n) is 5.04. The van der Waals surface area contributed by atoms with Gasteiger partial charge in [0.1, 0.15) is 24.3 Å². The number of rotatable bonds is 12. The molecule has 5 nitrogen and oxygen atoms in total. The van der Waals surface area contributed by atoms with Gasteiger partial charge in [-0.1, -0.05) is 37.1 Å². The number of hydrogen-bond acceptors (Lipinski definition) is 5. The summed E-state index contributed by atoms with van der Waals surface area (Å²) in [5.41, 5.74) is 2.94. The first-order valence-corrected chi connectivity index (χ1v) is 10.5. The van der Waals surface area contributed by atoms with Gasteiger partial charge in [0, 0.05) is 12.0 Å². The van der Waals surface area contributed by atoms with Crippen LogP contribution in [0.2, 0.25) is 0 Å². The van der Waals surface area contributed by atoms with Crippen LogP contribution in [0.1, 0.15) is 49.1 Å². The molecule has 0 unspecified atom stereocenters. The van der Waals surface area contributed by atoms with Crippen molar-refractivity contribution in [3.8, 4) is 23.0 Å². The lowest BCUT2D eigenvalue weighted by Crippen LogP contribution is -2.00. The van der Waals surface area contributed by atoms with Gasteiger partial charge in [0.15, 0.2) is 11.5 Å². The third-order valence-corrected chi connectivity index (χ3v) is 5.04. The smallest absolute Gasteiger partial charge is 0.226 e. The number of ether oxygens (including phenoxy) is 2. The van der Waals surface area contributed by atoms with E-state index in [0.717, 1.165) is 61.2 Å². The van der Waals surface area contributed by atoms with Crippen molar-refractivity contribution in [2.45, 2.75) is 52.1 Å². The van der Waals surface area contributed by atoms with Crippen LogP contribution >= 0.6 is 0 Å². The minimum Gasteiger partial charge on any atom is -0.493 e. The summed E-state index contributed by atoms with van der Waals surface area (Å²) in [5, 5.41) is 0. The molecule has 5 heteroatoms. The van der Waals surface area contributed by atoms with E-state index in [4.69, 9.17) is 13.9 Å². The highest BCUT2D eigenvalue weighted by atomic mass is 16.5. The molecule has 1 heterocycles.